The Labute approximate surface area is 189 Å². The van der Waals surface area contributed by atoms with Crippen molar-refractivity contribution in [3.05, 3.63) is 119 Å². The van der Waals surface area contributed by atoms with Gasteiger partial charge in [-0.2, -0.15) is 0 Å². The maximum absolute atomic E-state index is 13.1. The van der Waals surface area contributed by atoms with E-state index in [1.165, 1.54) is 6.26 Å². The molecule has 0 saturated carbocycles. The number of nitrogens with zero attached hydrogens (tertiary/aromatic N) is 1. The molecule has 4 nitrogen and oxygen atoms in total. The van der Waals surface area contributed by atoms with Gasteiger partial charge < -0.3 is 4.74 Å². The van der Waals surface area contributed by atoms with Gasteiger partial charge in [0.2, 0.25) is 10.0 Å². The summed E-state index contributed by atoms with van der Waals surface area (Å²) in [4.78, 5) is 0. The molecule has 0 fully saturated rings. The predicted molar refractivity (Wildman–Crippen MR) is 128 cm³/mol. The van der Waals surface area contributed by atoms with Crippen LogP contribution in [0.2, 0.25) is 0 Å². The Morgan fingerprint density at radius 1 is 0.875 bits per heavy atom. The molecule has 3 aromatic rings. The number of benzene rings is 3. The van der Waals surface area contributed by atoms with Gasteiger partial charge in [-0.15, -0.1) is 0 Å². The van der Waals surface area contributed by atoms with Gasteiger partial charge in [-0.05, 0) is 23.3 Å². The monoisotopic (exact) mass is 443 g/mol. The minimum atomic E-state index is -3.55. The number of hydrogen-bond acceptors (Lipinski definition) is 3. The van der Waals surface area contributed by atoms with Gasteiger partial charge in [0.05, 0.1) is 18.9 Å². The molecule has 2 aliphatic heterocycles. The average molecular weight is 444 g/mol. The molecule has 2 heterocycles. The lowest BCUT2D eigenvalue weighted by Gasteiger charge is -2.46. The highest BCUT2D eigenvalue weighted by molar-refractivity contribution is 7.88. The van der Waals surface area contributed by atoms with Crippen LogP contribution in [-0.4, -0.2) is 25.6 Å². The van der Waals surface area contributed by atoms with E-state index in [2.05, 4.69) is 12.1 Å². The summed E-state index contributed by atoms with van der Waals surface area (Å²) in [5.41, 5.74) is 3.77. The van der Waals surface area contributed by atoms with E-state index in [4.69, 9.17) is 4.74 Å². The lowest BCUT2D eigenvalue weighted by Crippen LogP contribution is -2.45. The molecule has 0 aliphatic carbocycles. The number of ether oxygens (including phenoxy) is 1. The van der Waals surface area contributed by atoms with Crippen LogP contribution in [-0.2, 0) is 10.0 Å². The van der Waals surface area contributed by atoms with Crippen molar-refractivity contribution in [2.24, 2.45) is 5.92 Å². The highest BCUT2D eigenvalue weighted by atomic mass is 32.2. The third-order valence-electron chi connectivity index (χ3n) is 6.18. The summed E-state index contributed by atoms with van der Waals surface area (Å²) in [5.74, 6) is 0.894. The second-order valence-electron chi connectivity index (χ2n) is 8.29. The summed E-state index contributed by atoms with van der Waals surface area (Å²) in [6.07, 6.45) is 7.26. The number of sulfonamides is 1. The molecule has 32 heavy (non-hydrogen) atoms. The summed E-state index contributed by atoms with van der Waals surface area (Å²) < 4.78 is 33.9. The van der Waals surface area contributed by atoms with Gasteiger partial charge in [-0.3, -0.25) is 4.31 Å². The molecule has 0 amide bonds. The normalized spacial score (nSPS) is 22.6. The van der Waals surface area contributed by atoms with Gasteiger partial charge in [-0.1, -0.05) is 91.0 Å². The Hall–Kier alpha value is -3.31. The zero-order valence-electron chi connectivity index (χ0n) is 17.8. The summed E-state index contributed by atoms with van der Waals surface area (Å²) in [5, 5.41) is 0. The third-order valence-corrected chi connectivity index (χ3v) is 7.33. The van der Waals surface area contributed by atoms with Gasteiger partial charge in [0.1, 0.15) is 5.75 Å². The molecular weight excluding hydrogens is 418 g/mol. The van der Waals surface area contributed by atoms with Gasteiger partial charge >= 0.3 is 0 Å². The lowest BCUT2D eigenvalue weighted by atomic mass is 9.75. The van der Waals surface area contributed by atoms with Crippen molar-refractivity contribution >= 4 is 16.1 Å². The first-order valence-corrected chi connectivity index (χ1v) is 12.6. The minimum absolute atomic E-state index is 0.0316. The number of hydrogen-bond donors (Lipinski definition) is 0. The largest absolute Gasteiger partial charge is 0.493 e. The molecule has 0 spiro atoms. The Kier molecular flexibility index (Phi) is 5.35. The maximum Gasteiger partial charge on any atom is 0.232 e. The highest BCUT2D eigenvalue weighted by Gasteiger charge is 2.45. The van der Waals surface area contributed by atoms with Gasteiger partial charge in [0.15, 0.2) is 0 Å². The van der Waals surface area contributed by atoms with E-state index in [0.717, 1.165) is 22.4 Å². The molecular formula is C27H25NO3S. The average Bonchev–Trinajstić information content (AvgIpc) is 2.82. The molecule has 0 bridgehead atoms. The number of para-hydroxylation sites is 1. The summed E-state index contributed by atoms with van der Waals surface area (Å²) in [6, 6.07) is 27.5. The van der Waals surface area contributed by atoms with E-state index < -0.39 is 10.0 Å². The van der Waals surface area contributed by atoms with Crippen molar-refractivity contribution < 1.29 is 13.2 Å². The van der Waals surface area contributed by atoms with Gasteiger partial charge in [-0.25, -0.2) is 8.42 Å². The zero-order valence-corrected chi connectivity index (χ0v) is 18.7. The fourth-order valence-corrected chi connectivity index (χ4v) is 6.00. The Morgan fingerprint density at radius 3 is 2.25 bits per heavy atom. The van der Waals surface area contributed by atoms with Crippen LogP contribution in [0.15, 0.2) is 103 Å². The Morgan fingerprint density at radius 2 is 1.53 bits per heavy atom. The van der Waals surface area contributed by atoms with E-state index in [-0.39, 0.29) is 17.9 Å². The molecule has 5 heteroatoms. The molecule has 0 radical (unpaired) electrons. The SMILES string of the molecule is CS(=O)(=O)N1C(/C=C/c2ccccc2)=C[C@H]2c3ccccc3OC[C@@H]2[C@H]1c1ccccc1. The van der Waals surface area contributed by atoms with Crippen LogP contribution < -0.4 is 4.74 Å². The molecule has 0 aromatic heterocycles. The predicted octanol–water partition coefficient (Wildman–Crippen LogP) is 5.39. The van der Waals surface area contributed by atoms with Crippen molar-refractivity contribution in [1.82, 2.24) is 4.31 Å². The van der Waals surface area contributed by atoms with Crippen molar-refractivity contribution in [3.63, 3.8) is 0 Å². The highest BCUT2D eigenvalue weighted by Crippen LogP contribution is 2.50. The first kappa shape index (κ1) is 20.6. The molecule has 3 aromatic carbocycles. The number of fused-ring (bicyclic) bond motifs is 3. The van der Waals surface area contributed by atoms with Crippen LogP contribution in [0, 0.1) is 5.92 Å². The van der Waals surface area contributed by atoms with E-state index in [9.17, 15) is 8.42 Å². The first-order valence-electron chi connectivity index (χ1n) is 10.7. The van der Waals surface area contributed by atoms with Gasteiger partial charge in [0, 0.05) is 23.1 Å². The first-order chi connectivity index (χ1) is 15.5. The maximum atomic E-state index is 13.1. The standard InChI is InChI=1S/C27H25NO3S/c1-32(29,30)28-22(17-16-20-10-4-2-5-11-20)18-24-23-14-8-9-15-26(23)31-19-25(24)27(28)21-12-6-3-7-13-21/h2-18,24-25,27H,19H2,1H3/b17-16+/t24-,25-,27+/m0/s1. The molecule has 0 N–H and O–H groups in total. The lowest BCUT2D eigenvalue weighted by molar-refractivity contribution is 0.134. The fourth-order valence-electron chi connectivity index (χ4n) is 4.81. The Bertz CT molecular complexity index is 1270. The van der Waals surface area contributed by atoms with Crippen molar-refractivity contribution in [3.8, 4) is 5.75 Å². The second-order valence-corrected chi connectivity index (χ2v) is 10.1. The third kappa shape index (κ3) is 3.84. The minimum Gasteiger partial charge on any atom is -0.493 e. The number of allylic oxidation sites excluding steroid dienone is 2. The molecule has 0 unspecified atom stereocenters. The van der Waals surface area contributed by atoms with Gasteiger partial charge in [0.25, 0.3) is 0 Å². The van der Waals surface area contributed by atoms with Crippen LogP contribution in [0.5, 0.6) is 5.75 Å². The van der Waals surface area contributed by atoms with Crippen LogP contribution in [0.4, 0.5) is 0 Å². The topological polar surface area (TPSA) is 46.6 Å². The van der Waals surface area contributed by atoms with Crippen LogP contribution in [0.3, 0.4) is 0 Å². The van der Waals surface area contributed by atoms with E-state index in [1.807, 2.05) is 91.0 Å². The van der Waals surface area contributed by atoms with E-state index >= 15 is 0 Å². The van der Waals surface area contributed by atoms with Crippen molar-refractivity contribution in [1.29, 1.82) is 0 Å². The second kappa shape index (κ2) is 8.32. The molecule has 0 saturated heterocycles. The van der Waals surface area contributed by atoms with E-state index in [0.29, 0.717) is 12.3 Å². The smallest absolute Gasteiger partial charge is 0.232 e. The van der Waals surface area contributed by atoms with Crippen molar-refractivity contribution in [2.75, 3.05) is 12.9 Å². The molecule has 5 rings (SSSR count). The quantitative estimate of drug-likeness (QED) is 0.543. The zero-order chi connectivity index (χ0) is 22.1. The van der Waals surface area contributed by atoms with Crippen LogP contribution in [0.25, 0.3) is 6.08 Å². The Balaban J connectivity index is 1.69. The number of rotatable bonds is 4. The summed E-state index contributed by atoms with van der Waals surface area (Å²) in [7, 11) is -3.55. The fraction of sp³-hybridized carbons (Fsp3) is 0.185. The van der Waals surface area contributed by atoms with Crippen LogP contribution >= 0.6 is 0 Å². The summed E-state index contributed by atoms with van der Waals surface area (Å²) >= 11 is 0. The van der Waals surface area contributed by atoms with E-state index in [1.54, 1.807) is 4.31 Å². The summed E-state index contributed by atoms with van der Waals surface area (Å²) in [6.45, 7) is 0.458. The molecule has 3 atom stereocenters. The molecule has 162 valence electrons. The van der Waals surface area contributed by atoms with Crippen LogP contribution in [0.1, 0.15) is 28.7 Å². The van der Waals surface area contributed by atoms with Crippen molar-refractivity contribution in [2.45, 2.75) is 12.0 Å². The molecule has 2 aliphatic rings.